The van der Waals surface area contributed by atoms with Crippen molar-refractivity contribution in [1.29, 1.82) is 0 Å². The largest absolute Gasteiger partial charge is 0.444 e. The minimum Gasteiger partial charge on any atom is -0.444 e. The predicted molar refractivity (Wildman–Crippen MR) is 70.5 cm³/mol. The molecule has 0 spiro atoms. The van der Waals surface area contributed by atoms with Crippen molar-refractivity contribution >= 4 is 6.09 Å². The van der Waals surface area contributed by atoms with E-state index in [0.717, 1.165) is 32.5 Å². The smallest absolute Gasteiger partial charge is 0.407 e. The van der Waals surface area contributed by atoms with Crippen molar-refractivity contribution < 1.29 is 14.6 Å². The first kappa shape index (κ1) is 15.2. The molecule has 1 aliphatic heterocycles. The summed E-state index contributed by atoms with van der Waals surface area (Å²) < 4.78 is 5.15. The Morgan fingerprint density at radius 3 is 2.44 bits per heavy atom. The number of hydrogen-bond acceptors (Lipinski definition) is 4. The van der Waals surface area contributed by atoms with Gasteiger partial charge < -0.3 is 20.1 Å². The van der Waals surface area contributed by atoms with Gasteiger partial charge in [0.15, 0.2) is 0 Å². The highest BCUT2D eigenvalue weighted by Gasteiger charge is 2.26. The third-order valence-electron chi connectivity index (χ3n) is 3.03. The number of alkyl carbamates (subject to hydrolysis) is 1. The van der Waals surface area contributed by atoms with Gasteiger partial charge in [0.1, 0.15) is 5.60 Å². The Balaban J connectivity index is 2.14. The molecule has 1 heterocycles. The average molecular weight is 258 g/mol. The molecule has 5 nitrogen and oxygen atoms in total. The summed E-state index contributed by atoms with van der Waals surface area (Å²) in [6, 6.07) is 0. The van der Waals surface area contributed by atoms with Crippen LogP contribution in [0.4, 0.5) is 4.79 Å². The van der Waals surface area contributed by atoms with Gasteiger partial charge in [-0.3, -0.25) is 0 Å². The highest BCUT2D eigenvalue weighted by atomic mass is 16.6. The summed E-state index contributed by atoms with van der Waals surface area (Å²) in [5.41, 5.74) is -0.969. The van der Waals surface area contributed by atoms with E-state index in [0.29, 0.717) is 6.54 Å². The Bertz CT molecular complexity index is 274. The number of hydrogen-bond donors (Lipinski definition) is 2. The number of nitrogens with one attached hydrogen (secondary N) is 1. The van der Waals surface area contributed by atoms with E-state index in [1.807, 2.05) is 27.7 Å². The molecule has 0 radical (unpaired) electrons. The molecule has 0 aromatic rings. The third-order valence-corrected chi connectivity index (χ3v) is 3.03. The first-order chi connectivity index (χ1) is 8.18. The van der Waals surface area contributed by atoms with Crippen molar-refractivity contribution in [3.05, 3.63) is 0 Å². The van der Waals surface area contributed by atoms with E-state index < -0.39 is 11.2 Å². The normalized spacial score (nSPS) is 20.5. The van der Waals surface area contributed by atoms with Crippen molar-refractivity contribution in [3.8, 4) is 0 Å². The molecule has 0 unspecified atom stereocenters. The molecule has 0 aromatic carbocycles. The number of ether oxygens (including phenoxy) is 1. The molecule has 18 heavy (non-hydrogen) atoms. The van der Waals surface area contributed by atoms with Crippen molar-refractivity contribution in [1.82, 2.24) is 10.2 Å². The number of amides is 1. The monoisotopic (exact) mass is 258 g/mol. The molecule has 2 N–H and O–H groups in total. The van der Waals surface area contributed by atoms with Crippen LogP contribution in [0, 0.1) is 0 Å². The van der Waals surface area contributed by atoms with Crippen LogP contribution in [0.3, 0.4) is 0 Å². The number of piperidine rings is 1. The topological polar surface area (TPSA) is 61.8 Å². The van der Waals surface area contributed by atoms with Crippen molar-refractivity contribution in [2.45, 2.75) is 51.7 Å². The molecule has 1 amide bonds. The van der Waals surface area contributed by atoms with Crippen LogP contribution < -0.4 is 5.32 Å². The quantitative estimate of drug-likeness (QED) is 0.802. The molecule has 1 saturated heterocycles. The Morgan fingerprint density at radius 2 is 1.94 bits per heavy atom. The van der Waals surface area contributed by atoms with Gasteiger partial charge in [0.05, 0.1) is 5.60 Å². The first-order valence-corrected chi connectivity index (χ1v) is 6.60. The molecular weight excluding hydrogens is 232 g/mol. The van der Waals surface area contributed by atoms with E-state index in [4.69, 9.17) is 4.74 Å². The van der Waals surface area contributed by atoms with Crippen molar-refractivity contribution in [3.63, 3.8) is 0 Å². The molecular formula is C13H26N2O3. The van der Waals surface area contributed by atoms with Crippen LogP contribution in [-0.2, 0) is 4.74 Å². The van der Waals surface area contributed by atoms with Crippen molar-refractivity contribution in [2.75, 3.05) is 26.2 Å². The van der Waals surface area contributed by atoms with Gasteiger partial charge in [0, 0.05) is 26.2 Å². The van der Waals surface area contributed by atoms with Gasteiger partial charge in [0.25, 0.3) is 0 Å². The van der Waals surface area contributed by atoms with E-state index in [-0.39, 0.29) is 6.09 Å². The zero-order valence-electron chi connectivity index (χ0n) is 12.0. The lowest BCUT2D eigenvalue weighted by molar-refractivity contribution is -0.00534. The maximum Gasteiger partial charge on any atom is 0.407 e. The van der Waals surface area contributed by atoms with E-state index in [2.05, 4.69) is 10.2 Å². The molecule has 0 atom stereocenters. The van der Waals surface area contributed by atoms with E-state index in [9.17, 15) is 9.90 Å². The molecule has 106 valence electrons. The Morgan fingerprint density at radius 1 is 1.39 bits per heavy atom. The number of nitrogens with zero attached hydrogens (tertiary/aromatic N) is 1. The lowest BCUT2D eigenvalue weighted by Crippen LogP contribution is -2.45. The summed E-state index contributed by atoms with van der Waals surface area (Å²) in [6.45, 7) is 10.6. The van der Waals surface area contributed by atoms with Crippen LogP contribution in [0.2, 0.25) is 0 Å². The average Bonchev–Trinajstić information content (AvgIpc) is 2.18. The summed E-state index contributed by atoms with van der Waals surface area (Å²) in [4.78, 5) is 13.7. The van der Waals surface area contributed by atoms with Crippen molar-refractivity contribution in [2.24, 2.45) is 0 Å². The fourth-order valence-corrected chi connectivity index (χ4v) is 1.89. The van der Waals surface area contributed by atoms with Crippen LogP contribution in [0.15, 0.2) is 0 Å². The second kappa shape index (κ2) is 5.89. The zero-order valence-corrected chi connectivity index (χ0v) is 12.0. The first-order valence-electron chi connectivity index (χ1n) is 6.60. The lowest BCUT2D eigenvalue weighted by Gasteiger charge is -2.35. The molecule has 1 aliphatic rings. The van der Waals surface area contributed by atoms with E-state index in [1.165, 1.54) is 0 Å². The van der Waals surface area contributed by atoms with Gasteiger partial charge in [-0.2, -0.15) is 0 Å². The van der Waals surface area contributed by atoms with Crippen LogP contribution in [0.5, 0.6) is 0 Å². The van der Waals surface area contributed by atoms with E-state index in [1.54, 1.807) is 0 Å². The minimum atomic E-state index is -0.519. The number of rotatable bonds is 3. The van der Waals surface area contributed by atoms with Gasteiger partial charge in [0.2, 0.25) is 0 Å². The molecule has 0 bridgehead atoms. The highest BCUT2D eigenvalue weighted by Crippen LogP contribution is 2.20. The van der Waals surface area contributed by atoms with Gasteiger partial charge in [-0.15, -0.1) is 0 Å². The standard InChI is InChI=1S/C13H26N2O3/c1-12(2,3)18-11(16)14-7-10-15-8-5-13(4,17)6-9-15/h17H,5-10H2,1-4H3,(H,14,16). The van der Waals surface area contributed by atoms with Gasteiger partial charge in [-0.25, -0.2) is 4.79 Å². The summed E-state index contributed by atoms with van der Waals surface area (Å²) in [5.74, 6) is 0. The summed E-state index contributed by atoms with van der Waals surface area (Å²) in [6.07, 6.45) is 1.21. The Labute approximate surface area is 109 Å². The molecule has 5 heteroatoms. The van der Waals surface area contributed by atoms with Gasteiger partial charge in [-0.1, -0.05) is 0 Å². The number of carbonyl (C=O) groups excluding carboxylic acids is 1. The molecule has 0 aliphatic carbocycles. The zero-order chi connectivity index (χ0) is 13.8. The summed E-state index contributed by atoms with van der Waals surface area (Å²) in [7, 11) is 0. The third kappa shape index (κ3) is 6.21. The van der Waals surface area contributed by atoms with Gasteiger partial charge in [-0.05, 0) is 40.5 Å². The van der Waals surface area contributed by atoms with Gasteiger partial charge >= 0.3 is 6.09 Å². The van der Waals surface area contributed by atoms with Crippen LogP contribution in [0.25, 0.3) is 0 Å². The summed E-state index contributed by atoms with van der Waals surface area (Å²) in [5, 5.41) is 12.6. The fourth-order valence-electron chi connectivity index (χ4n) is 1.89. The Kier molecular flexibility index (Phi) is 4.99. The fraction of sp³-hybridized carbons (Fsp3) is 0.923. The number of likely N-dealkylation sites (tertiary alicyclic amines) is 1. The molecule has 0 saturated carbocycles. The molecule has 1 rings (SSSR count). The molecule has 0 aromatic heterocycles. The minimum absolute atomic E-state index is 0.369. The highest BCUT2D eigenvalue weighted by molar-refractivity contribution is 5.67. The maximum atomic E-state index is 11.4. The van der Waals surface area contributed by atoms with Crippen LogP contribution >= 0.6 is 0 Å². The second-order valence-corrected chi connectivity index (χ2v) is 6.27. The van der Waals surface area contributed by atoms with Crippen LogP contribution in [-0.4, -0.2) is 53.5 Å². The number of aliphatic hydroxyl groups is 1. The molecule has 1 fully saturated rings. The maximum absolute atomic E-state index is 11.4. The lowest BCUT2D eigenvalue weighted by atomic mass is 9.94. The second-order valence-electron chi connectivity index (χ2n) is 6.27. The SMILES string of the molecule is CC1(O)CCN(CCNC(=O)OC(C)(C)C)CC1. The predicted octanol–water partition coefficient (Wildman–Crippen LogP) is 1.36. The van der Waals surface area contributed by atoms with Crippen LogP contribution in [0.1, 0.15) is 40.5 Å². The number of carbonyl (C=O) groups is 1. The Hall–Kier alpha value is -0.810. The summed E-state index contributed by atoms with van der Waals surface area (Å²) >= 11 is 0. The van der Waals surface area contributed by atoms with E-state index >= 15 is 0 Å².